The zero-order valence-corrected chi connectivity index (χ0v) is 10.8. The minimum absolute atomic E-state index is 0.468. The predicted octanol–water partition coefficient (Wildman–Crippen LogP) is 1.37. The Morgan fingerprint density at radius 3 is 2.84 bits per heavy atom. The molecule has 0 radical (unpaired) electrons. The van der Waals surface area contributed by atoms with Crippen molar-refractivity contribution in [3.8, 4) is 0 Å². The van der Waals surface area contributed by atoms with Gasteiger partial charge >= 0.3 is 0 Å². The van der Waals surface area contributed by atoms with Crippen molar-refractivity contribution in [2.75, 3.05) is 23.7 Å². The van der Waals surface area contributed by atoms with Crippen LogP contribution in [0.4, 0.5) is 11.6 Å². The Kier molecular flexibility index (Phi) is 3.33. The lowest BCUT2D eigenvalue weighted by atomic mass is 10.2. The number of aryl methyl sites for hydroxylation is 1. The van der Waals surface area contributed by atoms with E-state index in [1.807, 2.05) is 25.1 Å². The third-order valence-electron chi connectivity index (χ3n) is 3.04. The van der Waals surface area contributed by atoms with Gasteiger partial charge in [-0.2, -0.15) is 0 Å². The van der Waals surface area contributed by atoms with Crippen molar-refractivity contribution >= 4 is 11.6 Å². The van der Waals surface area contributed by atoms with Crippen LogP contribution in [0.3, 0.4) is 0 Å². The summed E-state index contributed by atoms with van der Waals surface area (Å²) in [5, 5.41) is 9.78. The third kappa shape index (κ3) is 3.03. The molecule has 1 aliphatic rings. The van der Waals surface area contributed by atoms with Gasteiger partial charge in [0.1, 0.15) is 29.5 Å². The van der Waals surface area contributed by atoms with E-state index in [9.17, 15) is 0 Å². The molecule has 0 amide bonds. The number of nitrogens with one attached hydrogen (secondary N) is 3. The van der Waals surface area contributed by atoms with Gasteiger partial charge in [-0.1, -0.05) is 0 Å². The summed E-state index contributed by atoms with van der Waals surface area (Å²) in [6.45, 7) is 4.52. The number of hydrogen-bond acceptors (Lipinski definition) is 6. The van der Waals surface area contributed by atoms with E-state index in [0.717, 1.165) is 36.2 Å². The molecule has 3 N–H and O–H groups in total. The molecular formula is C13H17N5O. The van der Waals surface area contributed by atoms with Gasteiger partial charge in [0.05, 0.1) is 12.6 Å². The second kappa shape index (κ2) is 5.27. The van der Waals surface area contributed by atoms with Crippen molar-refractivity contribution in [1.29, 1.82) is 0 Å². The lowest BCUT2D eigenvalue weighted by Gasteiger charge is -2.28. The maximum atomic E-state index is 5.50. The molecule has 1 saturated heterocycles. The third-order valence-corrected chi connectivity index (χ3v) is 3.04. The molecule has 100 valence electrons. The molecule has 0 spiro atoms. The lowest BCUT2D eigenvalue weighted by Crippen LogP contribution is -2.51. The lowest BCUT2D eigenvalue weighted by molar-refractivity contribution is 0.471. The summed E-state index contributed by atoms with van der Waals surface area (Å²) in [5.74, 6) is 3.45. The molecular weight excluding hydrogens is 242 g/mol. The smallest absolute Gasteiger partial charge is 0.131 e. The molecule has 0 atom stereocenters. The normalized spacial score (nSPS) is 15.0. The van der Waals surface area contributed by atoms with Crippen LogP contribution in [0.25, 0.3) is 0 Å². The average molecular weight is 259 g/mol. The first kappa shape index (κ1) is 12.0. The zero-order valence-electron chi connectivity index (χ0n) is 10.8. The van der Waals surface area contributed by atoms with Gasteiger partial charge in [-0.3, -0.25) is 0 Å². The highest BCUT2D eigenvalue weighted by Crippen LogP contribution is 2.13. The molecule has 2 aromatic rings. The summed E-state index contributed by atoms with van der Waals surface area (Å²) in [6.07, 6.45) is 1.56. The van der Waals surface area contributed by atoms with Crippen LogP contribution in [0.2, 0.25) is 0 Å². The Hall–Kier alpha value is -2.08. The molecule has 1 fully saturated rings. The summed E-state index contributed by atoms with van der Waals surface area (Å²) in [7, 11) is 0. The maximum absolute atomic E-state index is 5.50. The largest absolute Gasteiger partial charge is 0.465 e. The first-order chi connectivity index (χ1) is 9.29. The average Bonchev–Trinajstić information content (AvgIpc) is 2.78. The number of furan rings is 1. The molecule has 2 aromatic heterocycles. The summed E-state index contributed by atoms with van der Waals surface area (Å²) >= 11 is 0. The monoisotopic (exact) mass is 259 g/mol. The standard InChI is InChI=1S/C13H17N5O/c1-9-2-3-11(19-9)7-15-12-4-13(17-8-16-12)18-10-5-14-6-10/h2-4,8,10,14H,5-7H2,1H3,(H2,15,16,17,18). The maximum Gasteiger partial charge on any atom is 0.131 e. The number of nitrogens with zero attached hydrogens (tertiary/aromatic N) is 2. The van der Waals surface area contributed by atoms with E-state index in [1.54, 1.807) is 6.33 Å². The first-order valence-corrected chi connectivity index (χ1v) is 6.38. The molecule has 0 saturated carbocycles. The fraction of sp³-hybridized carbons (Fsp3) is 0.385. The van der Waals surface area contributed by atoms with Gasteiger partial charge in [0.25, 0.3) is 0 Å². The number of hydrogen-bond donors (Lipinski definition) is 3. The Balaban J connectivity index is 1.59. The van der Waals surface area contributed by atoms with Gasteiger partial charge in [-0.25, -0.2) is 9.97 Å². The quantitative estimate of drug-likeness (QED) is 0.753. The van der Waals surface area contributed by atoms with Crippen LogP contribution in [0.5, 0.6) is 0 Å². The molecule has 3 rings (SSSR count). The highest BCUT2D eigenvalue weighted by molar-refractivity contribution is 5.47. The van der Waals surface area contributed by atoms with Crippen LogP contribution in [-0.2, 0) is 6.54 Å². The van der Waals surface area contributed by atoms with Crippen LogP contribution < -0.4 is 16.0 Å². The van der Waals surface area contributed by atoms with Crippen LogP contribution in [0.15, 0.2) is 28.9 Å². The van der Waals surface area contributed by atoms with Crippen LogP contribution in [0.1, 0.15) is 11.5 Å². The summed E-state index contributed by atoms with van der Waals surface area (Å²) < 4.78 is 5.50. The summed E-state index contributed by atoms with van der Waals surface area (Å²) in [4.78, 5) is 8.40. The topological polar surface area (TPSA) is 75.0 Å². The minimum atomic E-state index is 0.468. The SMILES string of the molecule is Cc1ccc(CNc2cc(NC3CNC3)ncn2)o1. The van der Waals surface area contributed by atoms with Gasteiger partial charge in [0, 0.05) is 19.2 Å². The van der Waals surface area contributed by atoms with Gasteiger partial charge in [0.15, 0.2) is 0 Å². The van der Waals surface area contributed by atoms with Crippen molar-refractivity contribution in [2.45, 2.75) is 19.5 Å². The van der Waals surface area contributed by atoms with Gasteiger partial charge in [-0.15, -0.1) is 0 Å². The van der Waals surface area contributed by atoms with E-state index in [1.165, 1.54) is 0 Å². The van der Waals surface area contributed by atoms with E-state index in [4.69, 9.17) is 4.42 Å². The molecule has 1 aliphatic heterocycles. The molecule has 0 aromatic carbocycles. The second-order valence-corrected chi connectivity index (χ2v) is 4.65. The van der Waals surface area contributed by atoms with E-state index in [2.05, 4.69) is 25.9 Å². The summed E-state index contributed by atoms with van der Waals surface area (Å²) in [5.41, 5.74) is 0. The van der Waals surface area contributed by atoms with E-state index >= 15 is 0 Å². The van der Waals surface area contributed by atoms with E-state index < -0.39 is 0 Å². The summed E-state index contributed by atoms with van der Waals surface area (Å²) in [6, 6.07) is 6.29. The highest BCUT2D eigenvalue weighted by atomic mass is 16.3. The second-order valence-electron chi connectivity index (χ2n) is 4.65. The van der Waals surface area contributed by atoms with Crippen molar-refractivity contribution in [2.24, 2.45) is 0 Å². The number of anilines is 2. The number of rotatable bonds is 5. The Morgan fingerprint density at radius 1 is 1.32 bits per heavy atom. The van der Waals surface area contributed by atoms with Crippen LogP contribution in [-0.4, -0.2) is 29.1 Å². The Bertz CT molecular complexity index is 549. The van der Waals surface area contributed by atoms with Gasteiger partial charge in [-0.05, 0) is 19.1 Å². The molecule has 0 aliphatic carbocycles. The van der Waals surface area contributed by atoms with E-state index in [-0.39, 0.29) is 0 Å². The molecule has 0 unspecified atom stereocenters. The molecule has 19 heavy (non-hydrogen) atoms. The van der Waals surface area contributed by atoms with Crippen LogP contribution >= 0.6 is 0 Å². The van der Waals surface area contributed by atoms with E-state index in [0.29, 0.717) is 12.6 Å². The Morgan fingerprint density at radius 2 is 2.16 bits per heavy atom. The first-order valence-electron chi connectivity index (χ1n) is 6.38. The van der Waals surface area contributed by atoms with Crippen molar-refractivity contribution in [3.63, 3.8) is 0 Å². The fourth-order valence-electron chi connectivity index (χ4n) is 1.89. The van der Waals surface area contributed by atoms with Crippen molar-refractivity contribution < 1.29 is 4.42 Å². The molecule has 0 bridgehead atoms. The number of aromatic nitrogens is 2. The molecule has 3 heterocycles. The van der Waals surface area contributed by atoms with Crippen molar-refractivity contribution in [3.05, 3.63) is 36.0 Å². The van der Waals surface area contributed by atoms with Gasteiger partial charge in [0.2, 0.25) is 0 Å². The predicted molar refractivity (Wildman–Crippen MR) is 73.1 cm³/mol. The fourth-order valence-corrected chi connectivity index (χ4v) is 1.89. The van der Waals surface area contributed by atoms with Gasteiger partial charge < -0.3 is 20.4 Å². The van der Waals surface area contributed by atoms with Crippen LogP contribution in [0, 0.1) is 6.92 Å². The zero-order chi connectivity index (χ0) is 13.1. The minimum Gasteiger partial charge on any atom is -0.465 e. The van der Waals surface area contributed by atoms with Crippen molar-refractivity contribution in [1.82, 2.24) is 15.3 Å². The molecule has 6 nitrogen and oxygen atoms in total. The highest BCUT2D eigenvalue weighted by Gasteiger charge is 2.16. The Labute approximate surface area is 111 Å². The molecule has 6 heteroatoms.